The minimum Gasteiger partial charge on any atom is -0.496 e. The Hall–Kier alpha value is -2.80. The van der Waals surface area contributed by atoms with Gasteiger partial charge in [0, 0.05) is 5.56 Å². The number of hydrogen-bond acceptors (Lipinski definition) is 3. The fraction of sp³-hybridized carbons (Fsp3) is 0.125. The maximum atomic E-state index is 12.2. The molecule has 0 spiro atoms. The van der Waals surface area contributed by atoms with Crippen molar-refractivity contribution in [3.63, 3.8) is 0 Å². The summed E-state index contributed by atoms with van der Waals surface area (Å²) in [5.41, 5.74) is 2.35. The number of aryl methyl sites for hydroxylation is 1. The highest BCUT2D eigenvalue weighted by Crippen LogP contribution is 2.20. The Morgan fingerprint density at radius 1 is 1.25 bits per heavy atom. The molecule has 0 radical (unpaired) electrons. The number of methoxy groups -OCH3 is 1. The minimum absolute atomic E-state index is 0.251. The number of anilines is 1. The average Bonchev–Trinajstić information content (AvgIpc) is 2.47. The van der Waals surface area contributed by atoms with E-state index < -0.39 is 0 Å². The lowest BCUT2D eigenvalue weighted by molar-refractivity contribution is 0.102. The summed E-state index contributed by atoms with van der Waals surface area (Å²) in [5.74, 6) is 0.484. The zero-order valence-corrected chi connectivity index (χ0v) is 11.3. The molecule has 2 rings (SSSR count). The van der Waals surface area contributed by atoms with Crippen LogP contribution in [0.4, 0.5) is 5.69 Å². The summed E-state index contributed by atoms with van der Waals surface area (Å²) < 4.78 is 5.16. The van der Waals surface area contributed by atoms with Crippen LogP contribution in [-0.2, 0) is 0 Å². The fourth-order valence-electron chi connectivity index (χ4n) is 1.90. The van der Waals surface area contributed by atoms with E-state index in [0.717, 1.165) is 11.3 Å². The Kier molecular flexibility index (Phi) is 4.02. The first-order valence-electron chi connectivity index (χ1n) is 6.11. The van der Waals surface area contributed by atoms with Gasteiger partial charge in [-0.25, -0.2) is 0 Å². The van der Waals surface area contributed by atoms with Crippen molar-refractivity contribution in [1.82, 2.24) is 0 Å². The smallest absolute Gasteiger partial charge is 0.255 e. The Bertz CT molecular complexity index is 687. The van der Waals surface area contributed by atoms with Crippen molar-refractivity contribution in [2.45, 2.75) is 6.92 Å². The van der Waals surface area contributed by atoms with Crippen molar-refractivity contribution in [2.24, 2.45) is 0 Å². The molecule has 100 valence electrons. The van der Waals surface area contributed by atoms with Crippen LogP contribution in [0.15, 0.2) is 42.5 Å². The molecule has 0 aliphatic rings. The zero-order chi connectivity index (χ0) is 14.5. The van der Waals surface area contributed by atoms with Crippen LogP contribution in [0.2, 0.25) is 0 Å². The molecule has 0 saturated carbocycles. The van der Waals surface area contributed by atoms with Crippen molar-refractivity contribution >= 4 is 11.6 Å². The number of para-hydroxylation sites is 1. The van der Waals surface area contributed by atoms with Gasteiger partial charge in [0.05, 0.1) is 18.4 Å². The van der Waals surface area contributed by atoms with Gasteiger partial charge in [-0.2, -0.15) is 5.26 Å². The van der Waals surface area contributed by atoms with Crippen LogP contribution in [-0.4, -0.2) is 13.0 Å². The summed E-state index contributed by atoms with van der Waals surface area (Å²) in [6, 6.07) is 14.1. The standard InChI is InChI=1S/C16H14N2O2/c1-11-9-12(7-8-15(11)20-2)16(19)18-14-6-4-3-5-13(14)10-17/h3-9H,1-2H3,(H,18,19). The van der Waals surface area contributed by atoms with E-state index >= 15 is 0 Å². The molecule has 0 unspecified atom stereocenters. The van der Waals surface area contributed by atoms with Crippen LogP contribution in [0, 0.1) is 18.3 Å². The average molecular weight is 266 g/mol. The molecule has 4 heteroatoms. The Balaban J connectivity index is 2.25. The number of nitrogens with zero attached hydrogens (tertiary/aromatic N) is 1. The first-order valence-corrected chi connectivity index (χ1v) is 6.11. The minimum atomic E-state index is -0.251. The molecule has 1 amide bonds. The van der Waals surface area contributed by atoms with E-state index in [1.54, 1.807) is 49.6 Å². The largest absolute Gasteiger partial charge is 0.496 e. The van der Waals surface area contributed by atoms with Crippen molar-refractivity contribution < 1.29 is 9.53 Å². The van der Waals surface area contributed by atoms with Crippen LogP contribution in [0.5, 0.6) is 5.75 Å². The molecule has 4 nitrogen and oxygen atoms in total. The highest BCUT2D eigenvalue weighted by molar-refractivity contribution is 6.05. The summed E-state index contributed by atoms with van der Waals surface area (Å²) in [6.07, 6.45) is 0. The maximum absolute atomic E-state index is 12.2. The van der Waals surface area contributed by atoms with Gasteiger partial charge in [0.2, 0.25) is 0 Å². The van der Waals surface area contributed by atoms with Crippen molar-refractivity contribution in [3.05, 3.63) is 59.2 Å². The van der Waals surface area contributed by atoms with Crippen LogP contribution in [0.1, 0.15) is 21.5 Å². The normalized spacial score (nSPS) is 9.65. The van der Waals surface area contributed by atoms with Gasteiger partial charge in [0.1, 0.15) is 11.8 Å². The quantitative estimate of drug-likeness (QED) is 0.928. The number of hydrogen-bond donors (Lipinski definition) is 1. The molecule has 0 atom stereocenters. The number of nitriles is 1. The third-order valence-electron chi connectivity index (χ3n) is 2.95. The predicted octanol–water partition coefficient (Wildman–Crippen LogP) is 3.13. The van der Waals surface area contributed by atoms with Gasteiger partial charge in [-0.15, -0.1) is 0 Å². The highest BCUT2D eigenvalue weighted by atomic mass is 16.5. The van der Waals surface area contributed by atoms with Crippen molar-refractivity contribution in [2.75, 3.05) is 12.4 Å². The van der Waals surface area contributed by atoms with Crippen LogP contribution in [0.25, 0.3) is 0 Å². The monoisotopic (exact) mass is 266 g/mol. The molecule has 2 aromatic carbocycles. The third-order valence-corrected chi connectivity index (χ3v) is 2.95. The summed E-state index contributed by atoms with van der Waals surface area (Å²) in [6.45, 7) is 1.87. The van der Waals surface area contributed by atoms with Gasteiger partial charge in [0.15, 0.2) is 0 Å². The zero-order valence-electron chi connectivity index (χ0n) is 11.3. The molecule has 1 N–H and O–H groups in total. The van der Waals surface area contributed by atoms with Crippen molar-refractivity contribution in [1.29, 1.82) is 5.26 Å². The molecular formula is C16H14N2O2. The van der Waals surface area contributed by atoms with Gasteiger partial charge in [-0.1, -0.05) is 12.1 Å². The molecule has 0 heterocycles. The second kappa shape index (κ2) is 5.89. The first kappa shape index (κ1) is 13.6. The molecule has 0 aliphatic carbocycles. The van der Waals surface area contributed by atoms with E-state index in [2.05, 4.69) is 5.32 Å². The lowest BCUT2D eigenvalue weighted by Crippen LogP contribution is -2.13. The van der Waals surface area contributed by atoms with Crippen LogP contribution < -0.4 is 10.1 Å². The lowest BCUT2D eigenvalue weighted by Gasteiger charge is -2.09. The summed E-state index contributed by atoms with van der Waals surface area (Å²) in [4.78, 5) is 12.2. The van der Waals surface area contributed by atoms with Gasteiger partial charge >= 0.3 is 0 Å². The molecule has 0 bridgehead atoms. The summed E-state index contributed by atoms with van der Waals surface area (Å²) in [7, 11) is 1.59. The highest BCUT2D eigenvalue weighted by Gasteiger charge is 2.10. The number of amides is 1. The fourth-order valence-corrected chi connectivity index (χ4v) is 1.90. The van der Waals surface area contributed by atoms with Gasteiger partial charge in [0.25, 0.3) is 5.91 Å². The lowest BCUT2D eigenvalue weighted by atomic mass is 10.1. The van der Waals surface area contributed by atoms with E-state index in [9.17, 15) is 4.79 Å². The van der Waals surface area contributed by atoms with Crippen molar-refractivity contribution in [3.8, 4) is 11.8 Å². The number of ether oxygens (including phenoxy) is 1. The maximum Gasteiger partial charge on any atom is 0.255 e. The van der Waals surface area contributed by atoms with E-state index in [1.807, 2.05) is 13.0 Å². The molecule has 0 aromatic heterocycles. The van der Waals surface area contributed by atoms with Gasteiger partial charge in [-0.3, -0.25) is 4.79 Å². The second-order valence-electron chi connectivity index (χ2n) is 4.30. The topological polar surface area (TPSA) is 62.1 Å². The van der Waals surface area contributed by atoms with Crippen LogP contribution >= 0.6 is 0 Å². The molecular weight excluding hydrogens is 252 g/mol. The first-order chi connectivity index (χ1) is 9.65. The second-order valence-corrected chi connectivity index (χ2v) is 4.30. The number of carbonyl (C=O) groups is 1. The predicted molar refractivity (Wildman–Crippen MR) is 76.8 cm³/mol. The molecule has 20 heavy (non-hydrogen) atoms. The van der Waals surface area contributed by atoms with E-state index in [1.165, 1.54) is 0 Å². The summed E-state index contributed by atoms with van der Waals surface area (Å²) in [5, 5.41) is 11.7. The Morgan fingerprint density at radius 2 is 2.00 bits per heavy atom. The summed E-state index contributed by atoms with van der Waals surface area (Å²) >= 11 is 0. The molecule has 0 saturated heterocycles. The number of carbonyl (C=O) groups excluding carboxylic acids is 1. The molecule has 2 aromatic rings. The Morgan fingerprint density at radius 3 is 2.65 bits per heavy atom. The number of benzene rings is 2. The molecule has 0 aliphatic heterocycles. The van der Waals surface area contributed by atoms with E-state index in [4.69, 9.17) is 10.00 Å². The number of rotatable bonds is 3. The van der Waals surface area contributed by atoms with Crippen LogP contribution in [0.3, 0.4) is 0 Å². The third kappa shape index (κ3) is 2.78. The number of nitrogens with one attached hydrogen (secondary N) is 1. The van der Waals surface area contributed by atoms with E-state index in [0.29, 0.717) is 16.8 Å². The molecule has 0 fully saturated rings. The van der Waals surface area contributed by atoms with Gasteiger partial charge < -0.3 is 10.1 Å². The SMILES string of the molecule is COc1ccc(C(=O)Nc2ccccc2C#N)cc1C. The van der Waals surface area contributed by atoms with Gasteiger partial charge in [-0.05, 0) is 42.8 Å². The van der Waals surface area contributed by atoms with E-state index in [-0.39, 0.29) is 5.91 Å². The Labute approximate surface area is 117 Å².